The number of rotatable bonds is 8. The Morgan fingerprint density at radius 3 is 1.29 bits per heavy atom. The monoisotopic (exact) mass is 787 g/mol. The molecule has 3 saturated heterocycles. The summed E-state index contributed by atoms with van der Waals surface area (Å²) in [5, 5.41) is 34.4. The highest BCUT2D eigenvalue weighted by Gasteiger charge is 2.50. The van der Waals surface area contributed by atoms with Gasteiger partial charge in [0.1, 0.15) is 12.2 Å². The van der Waals surface area contributed by atoms with Crippen LogP contribution in [0.25, 0.3) is 0 Å². The van der Waals surface area contributed by atoms with E-state index >= 15 is 0 Å². The molecule has 3 aliphatic heterocycles. The smallest absolute Gasteiger partial charge is 0.306 e. The molecule has 4 rings (SSSR count). The van der Waals surface area contributed by atoms with Gasteiger partial charge in [-0.3, -0.25) is 9.59 Å². The quantitative estimate of drug-likeness (QED) is 0.206. The third kappa shape index (κ3) is 13.3. The van der Waals surface area contributed by atoms with Crippen molar-refractivity contribution in [3.8, 4) is 0 Å². The van der Waals surface area contributed by atoms with E-state index in [0.717, 1.165) is 26.1 Å². The van der Waals surface area contributed by atoms with Gasteiger partial charge in [0.2, 0.25) is 0 Å². The standard InChI is InChI=1S/C22H40N2O6.C21H40O3.H2O/c1-19(2)11-15(12-20(3,4)23(19)27)29-17(25)9-10-18(26)30-16-13-21(5,6)24(28)22(7,8)14-16;1-8-9-14-12-23-19(24-13-14)15-10-16(20(2,3)4)18(22)17(11-15)21(5,6)7;/h15-16,27-28H,9-14H2,1-8H3;14-19,22H,8-13H2,1-7H3;1H2. The number of hydroxylamine groups is 4. The second-order valence-corrected chi connectivity index (χ2v) is 21.8. The van der Waals surface area contributed by atoms with E-state index in [9.17, 15) is 25.1 Å². The average Bonchev–Trinajstić information content (AvgIpc) is 3.01. The fourth-order valence-electron chi connectivity index (χ4n) is 9.88. The highest BCUT2D eigenvalue weighted by molar-refractivity contribution is 5.77. The Morgan fingerprint density at radius 1 is 0.673 bits per heavy atom. The van der Waals surface area contributed by atoms with E-state index in [1.165, 1.54) is 23.0 Å². The maximum absolute atomic E-state index is 12.3. The van der Waals surface area contributed by atoms with Crippen LogP contribution in [0, 0.1) is 34.5 Å². The molecule has 0 spiro atoms. The summed E-state index contributed by atoms with van der Waals surface area (Å²) >= 11 is 0. The molecular weight excluding hydrogens is 704 g/mol. The van der Waals surface area contributed by atoms with Crippen LogP contribution >= 0.6 is 0 Å². The molecule has 0 aromatic heterocycles. The molecule has 3 heterocycles. The van der Waals surface area contributed by atoms with Gasteiger partial charge in [-0.1, -0.05) is 54.9 Å². The number of piperidine rings is 2. The first-order chi connectivity index (χ1) is 24.5. The van der Waals surface area contributed by atoms with Gasteiger partial charge in [-0.05, 0) is 97.3 Å². The highest BCUT2D eigenvalue weighted by Crippen LogP contribution is 2.50. The summed E-state index contributed by atoms with van der Waals surface area (Å²) < 4.78 is 23.5. The lowest BCUT2D eigenvalue weighted by Crippen LogP contribution is -2.60. The first kappa shape index (κ1) is 49.8. The van der Waals surface area contributed by atoms with Crippen molar-refractivity contribution in [1.29, 1.82) is 0 Å². The first-order valence-electron chi connectivity index (χ1n) is 20.8. The van der Waals surface area contributed by atoms with E-state index in [1.54, 1.807) is 0 Å². The van der Waals surface area contributed by atoms with Crippen LogP contribution in [0.4, 0.5) is 0 Å². The zero-order valence-electron chi connectivity index (χ0n) is 37.3. The minimum absolute atomic E-state index is 0. The number of carbonyl (C=O) groups excluding carboxylic acids is 2. The fourth-order valence-corrected chi connectivity index (χ4v) is 9.88. The molecule has 0 bridgehead atoms. The van der Waals surface area contributed by atoms with Gasteiger partial charge < -0.3 is 39.9 Å². The van der Waals surface area contributed by atoms with Crippen LogP contribution in [-0.2, 0) is 28.5 Å². The maximum atomic E-state index is 12.3. The van der Waals surface area contributed by atoms with Gasteiger partial charge in [0.05, 0.1) is 32.2 Å². The molecule has 1 aliphatic carbocycles. The van der Waals surface area contributed by atoms with Crippen LogP contribution in [0.2, 0.25) is 0 Å². The Balaban J connectivity index is 0.000000382. The van der Waals surface area contributed by atoms with Gasteiger partial charge in [0, 0.05) is 59.7 Å². The van der Waals surface area contributed by atoms with Crippen molar-refractivity contribution < 1.29 is 49.5 Å². The molecule has 0 radical (unpaired) electrons. The number of hydrogen-bond donors (Lipinski definition) is 3. The lowest BCUT2D eigenvalue weighted by molar-refractivity contribution is -0.260. The number of nitrogens with zero attached hydrogens (tertiary/aromatic N) is 2. The maximum Gasteiger partial charge on any atom is 0.306 e. The topological polar surface area (TPSA) is 170 Å². The van der Waals surface area contributed by atoms with E-state index in [-0.39, 0.29) is 53.7 Å². The molecule has 12 heteroatoms. The lowest BCUT2D eigenvalue weighted by atomic mass is 9.58. The second kappa shape index (κ2) is 18.7. The van der Waals surface area contributed by atoms with Gasteiger partial charge >= 0.3 is 11.9 Å². The second-order valence-electron chi connectivity index (χ2n) is 21.8. The Morgan fingerprint density at radius 2 is 1.00 bits per heavy atom. The normalized spacial score (nSPS) is 31.7. The molecule has 0 aromatic carbocycles. The van der Waals surface area contributed by atoms with Crippen molar-refractivity contribution in [1.82, 2.24) is 10.1 Å². The summed E-state index contributed by atoms with van der Waals surface area (Å²) in [6.45, 7) is 32.7. The van der Waals surface area contributed by atoms with Crippen molar-refractivity contribution in [2.24, 2.45) is 34.5 Å². The van der Waals surface area contributed by atoms with Crippen molar-refractivity contribution in [2.45, 2.75) is 215 Å². The van der Waals surface area contributed by atoms with Gasteiger partial charge in [-0.15, -0.1) is 0 Å². The van der Waals surface area contributed by atoms with Gasteiger partial charge in [0.25, 0.3) is 0 Å². The molecule has 5 N–H and O–H groups in total. The predicted molar refractivity (Wildman–Crippen MR) is 213 cm³/mol. The number of carbonyl (C=O) groups is 2. The largest absolute Gasteiger partial charge is 0.462 e. The van der Waals surface area contributed by atoms with Gasteiger partial charge in [-0.2, -0.15) is 10.1 Å². The molecule has 324 valence electrons. The molecule has 0 aromatic rings. The van der Waals surface area contributed by atoms with Gasteiger partial charge in [0.15, 0.2) is 6.29 Å². The summed E-state index contributed by atoms with van der Waals surface area (Å²) in [5.41, 5.74) is -1.83. The Kier molecular flexibility index (Phi) is 16.9. The molecular formula is C43H82N2O10. The van der Waals surface area contributed by atoms with Crippen LogP contribution < -0.4 is 0 Å². The Labute approximate surface area is 333 Å². The zero-order valence-corrected chi connectivity index (χ0v) is 37.3. The zero-order chi connectivity index (χ0) is 41.2. The molecule has 4 aliphatic rings. The molecule has 55 heavy (non-hydrogen) atoms. The van der Waals surface area contributed by atoms with Crippen LogP contribution in [-0.4, -0.2) is 103 Å². The fraction of sp³-hybridized carbons (Fsp3) is 0.953. The summed E-state index contributed by atoms with van der Waals surface area (Å²) in [5.74, 6) is 0.672. The number of hydrogen-bond acceptors (Lipinski definition) is 11. The number of aliphatic hydroxyl groups is 1. The molecule has 12 nitrogen and oxygen atoms in total. The summed E-state index contributed by atoms with van der Waals surface area (Å²) in [4.78, 5) is 24.6. The minimum Gasteiger partial charge on any atom is -0.462 e. The molecule has 2 unspecified atom stereocenters. The number of ether oxygens (including phenoxy) is 4. The average molecular weight is 787 g/mol. The van der Waals surface area contributed by atoms with E-state index < -0.39 is 34.1 Å². The summed E-state index contributed by atoms with van der Waals surface area (Å²) in [6, 6.07) is 0. The number of aliphatic hydroxyl groups excluding tert-OH is 1. The Bertz CT molecular complexity index is 1110. The predicted octanol–water partition coefficient (Wildman–Crippen LogP) is 7.72. The third-order valence-electron chi connectivity index (χ3n) is 12.6. The van der Waals surface area contributed by atoms with Crippen LogP contribution in [0.15, 0.2) is 0 Å². The molecule has 1 saturated carbocycles. The SMILES string of the molecule is CC1(C)CC(OC(=O)CCC(=O)OC2CC(C)(C)N(O)C(C)(C)C2)CC(C)(C)N1O.CCCC1COC(C2CC(C(C)(C)C)C(O)C(C(C)(C)C)C2)OC1.O. The molecule has 0 amide bonds. The summed E-state index contributed by atoms with van der Waals surface area (Å²) in [6.07, 6.45) is 5.45. The third-order valence-corrected chi connectivity index (χ3v) is 12.6. The van der Waals surface area contributed by atoms with Gasteiger partial charge in [-0.25, -0.2) is 0 Å². The van der Waals surface area contributed by atoms with Crippen LogP contribution in [0.5, 0.6) is 0 Å². The first-order valence-corrected chi connectivity index (χ1v) is 20.8. The molecule has 2 atom stereocenters. The van der Waals surface area contributed by atoms with Crippen molar-refractivity contribution >= 4 is 11.9 Å². The lowest BCUT2D eigenvalue weighted by Gasteiger charge is -2.51. The molecule has 4 fully saturated rings. The van der Waals surface area contributed by atoms with E-state index in [4.69, 9.17) is 18.9 Å². The van der Waals surface area contributed by atoms with Crippen LogP contribution in [0.1, 0.15) is 168 Å². The number of esters is 2. The van der Waals surface area contributed by atoms with E-state index in [1.807, 2.05) is 55.4 Å². The van der Waals surface area contributed by atoms with Crippen LogP contribution in [0.3, 0.4) is 0 Å². The van der Waals surface area contributed by atoms with Crippen molar-refractivity contribution in [3.63, 3.8) is 0 Å². The highest BCUT2D eigenvalue weighted by atomic mass is 16.7. The van der Waals surface area contributed by atoms with E-state index in [2.05, 4.69) is 48.5 Å². The Hall–Kier alpha value is -1.38. The van der Waals surface area contributed by atoms with Crippen molar-refractivity contribution in [3.05, 3.63) is 0 Å². The van der Waals surface area contributed by atoms with Crippen molar-refractivity contribution in [2.75, 3.05) is 13.2 Å². The summed E-state index contributed by atoms with van der Waals surface area (Å²) in [7, 11) is 0. The van der Waals surface area contributed by atoms with E-state index in [0.29, 0.717) is 49.4 Å². The minimum atomic E-state index is -0.507.